The van der Waals surface area contributed by atoms with Crippen molar-refractivity contribution < 1.29 is 4.74 Å². The number of hydrogen-bond acceptors (Lipinski definition) is 4. The van der Waals surface area contributed by atoms with Gasteiger partial charge in [0.1, 0.15) is 5.01 Å². The van der Waals surface area contributed by atoms with Gasteiger partial charge in [-0.1, -0.05) is 19.8 Å². The summed E-state index contributed by atoms with van der Waals surface area (Å²) in [5.41, 5.74) is 0.364. The van der Waals surface area contributed by atoms with Gasteiger partial charge in [0.2, 0.25) is 0 Å². The minimum atomic E-state index is 0.364. The molecule has 0 atom stereocenters. The van der Waals surface area contributed by atoms with E-state index in [1.54, 1.807) is 11.3 Å². The highest BCUT2D eigenvalue weighted by atomic mass is 32.1. The number of ether oxygens (including phenoxy) is 1. The van der Waals surface area contributed by atoms with Crippen molar-refractivity contribution in [1.29, 1.82) is 0 Å². The fourth-order valence-corrected chi connectivity index (χ4v) is 4.12. The largest absolute Gasteiger partial charge is 0.382 e. The monoisotopic (exact) mass is 352 g/mol. The topological polar surface area (TPSA) is 58.5 Å². The predicted octanol–water partition coefficient (Wildman–Crippen LogP) is 3.36. The molecular formula is C18H32N4OS. The summed E-state index contributed by atoms with van der Waals surface area (Å²) < 4.78 is 5.59. The lowest BCUT2D eigenvalue weighted by molar-refractivity contribution is 0.105. The lowest BCUT2D eigenvalue weighted by Gasteiger charge is -2.30. The Bertz CT molecular complexity index is 509. The number of guanidine groups is 1. The van der Waals surface area contributed by atoms with Gasteiger partial charge in [-0.15, -0.1) is 11.3 Å². The number of aliphatic imine (C=N–C) groups is 1. The lowest BCUT2D eigenvalue weighted by Crippen LogP contribution is -2.43. The molecule has 2 N–H and O–H groups in total. The number of nitrogens with one attached hydrogen (secondary N) is 2. The van der Waals surface area contributed by atoms with Crippen LogP contribution < -0.4 is 10.6 Å². The molecule has 24 heavy (non-hydrogen) atoms. The number of hydrogen-bond donors (Lipinski definition) is 2. The van der Waals surface area contributed by atoms with Crippen LogP contribution in [0.3, 0.4) is 0 Å². The SMILES string of the molecule is CCOCCC1(CNC(=NC)NCc2ncc(CC)s2)CCCC1. The number of nitrogens with zero attached hydrogens (tertiary/aromatic N) is 2. The summed E-state index contributed by atoms with van der Waals surface area (Å²) in [7, 11) is 1.83. The molecule has 0 aromatic carbocycles. The van der Waals surface area contributed by atoms with Gasteiger partial charge in [0, 0.05) is 37.9 Å². The van der Waals surface area contributed by atoms with Crippen LogP contribution in [0, 0.1) is 5.41 Å². The van der Waals surface area contributed by atoms with E-state index in [4.69, 9.17) is 4.74 Å². The molecule has 0 unspecified atom stereocenters. The molecule has 1 aliphatic rings. The van der Waals surface area contributed by atoms with Crippen molar-refractivity contribution in [3.8, 4) is 0 Å². The highest BCUT2D eigenvalue weighted by Gasteiger charge is 2.33. The average molecular weight is 353 g/mol. The van der Waals surface area contributed by atoms with Crippen LogP contribution in [0.5, 0.6) is 0 Å². The van der Waals surface area contributed by atoms with E-state index in [1.165, 1.54) is 30.6 Å². The van der Waals surface area contributed by atoms with E-state index in [2.05, 4.69) is 34.5 Å². The second-order valence-corrected chi connectivity index (χ2v) is 7.71. The molecule has 1 aliphatic carbocycles. The lowest BCUT2D eigenvalue weighted by atomic mass is 9.83. The third-order valence-electron chi connectivity index (χ3n) is 4.86. The second kappa shape index (κ2) is 9.99. The molecule has 2 rings (SSSR count). The fourth-order valence-electron chi connectivity index (χ4n) is 3.32. The van der Waals surface area contributed by atoms with E-state index in [-0.39, 0.29) is 0 Å². The molecule has 1 aromatic heterocycles. The van der Waals surface area contributed by atoms with Gasteiger partial charge in [0.25, 0.3) is 0 Å². The van der Waals surface area contributed by atoms with Crippen LogP contribution in [0.4, 0.5) is 0 Å². The molecule has 1 heterocycles. The van der Waals surface area contributed by atoms with Gasteiger partial charge in [0.15, 0.2) is 5.96 Å². The highest BCUT2D eigenvalue weighted by Crippen LogP contribution is 2.40. The minimum absolute atomic E-state index is 0.364. The molecule has 136 valence electrons. The first-order valence-corrected chi connectivity index (χ1v) is 9.99. The van der Waals surface area contributed by atoms with Crippen molar-refractivity contribution in [2.45, 2.75) is 58.9 Å². The summed E-state index contributed by atoms with van der Waals surface area (Å²) in [6.07, 6.45) is 9.40. The normalized spacial score (nSPS) is 17.2. The van der Waals surface area contributed by atoms with Gasteiger partial charge in [0.05, 0.1) is 6.54 Å². The molecule has 0 spiro atoms. The third kappa shape index (κ3) is 5.74. The molecule has 0 aliphatic heterocycles. The third-order valence-corrected chi connectivity index (χ3v) is 6.00. The van der Waals surface area contributed by atoms with Crippen LogP contribution >= 0.6 is 11.3 Å². The van der Waals surface area contributed by atoms with Gasteiger partial charge >= 0.3 is 0 Å². The van der Waals surface area contributed by atoms with Gasteiger partial charge < -0.3 is 15.4 Å². The Morgan fingerprint density at radius 1 is 1.33 bits per heavy atom. The summed E-state index contributed by atoms with van der Waals surface area (Å²) >= 11 is 1.77. The van der Waals surface area contributed by atoms with Crippen LogP contribution in [0.1, 0.15) is 55.8 Å². The highest BCUT2D eigenvalue weighted by molar-refractivity contribution is 7.11. The maximum absolute atomic E-state index is 5.59. The van der Waals surface area contributed by atoms with Crippen molar-refractivity contribution in [2.75, 3.05) is 26.8 Å². The molecule has 6 heteroatoms. The van der Waals surface area contributed by atoms with Gasteiger partial charge in [-0.3, -0.25) is 4.99 Å². The van der Waals surface area contributed by atoms with E-state index < -0.39 is 0 Å². The maximum atomic E-state index is 5.59. The van der Waals surface area contributed by atoms with Crippen molar-refractivity contribution in [3.05, 3.63) is 16.1 Å². The number of rotatable bonds is 9. The molecule has 1 aromatic rings. The first kappa shape index (κ1) is 19.2. The Labute approximate surface area is 150 Å². The van der Waals surface area contributed by atoms with Crippen LogP contribution in [0.15, 0.2) is 11.2 Å². The van der Waals surface area contributed by atoms with Crippen molar-refractivity contribution in [1.82, 2.24) is 15.6 Å². The molecule has 1 saturated carbocycles. The van der Waals surface area contributed by atoms with E-state index in [0.29, 0.717) is 5.41 Å². The van der Waals surface area contributed by atoms with Gasteiger partial charge in [-0.25, -0.2) is 4.98 Å². The number of thiazole rings is 1. The van der Waals surface area contributed by atoms with E-state index in [9.17, 15) is 0 Å². The number of aromatic nitrogens is 1. The zero-order valence-electron chi connectivity index (χ0n) is 15.4. The van der Waals surface area contributed by atoms with Gasteiger partial charge in [-0.2, -0.15) is 0 Å². The molecule has 0 bridgehead atoms. The smallest absolute Gasteiger partial charge is 0.191 e. The Hall–Kier alpha value is -1.14. The fraction of sp³-hybridized carbons (Fsp3) is 0.778. The van der Waals surface area contributed by atoms with Crippen LogP contribution in [0.2, 0.25) is 0 Å². The first-order chi connectivity index (χ1) is 11.7. The first-order valence-electron chi connectivity index (χ1n) is 9.17. The minimum Gasteiger partial charge on any atom is -0.382 e. The molecule has 5 nitrogen and oxygen atoms in total. The summed E-state index contributed by atoms with van der Waals surface area (Å²) in [6.45, 7) is 7.60. The summed E-state index contributed by atoms with van der Waals surface area (Å²) in [4.78, 5) is 10.1. The number of aryl methyl sites for hydroxylation is 1. The van der Waals surface area contributed by atoms with Crippen LogP contribution in [-0.4, -0.2) is 37.7 Å². The molecular weight excluding hydrogens is 320 g/mol. The summed E-state index contributed by atoms with van der Waals surface area (Å²) in [6, 6.07) is 0. The maximum Gasteiger partial charge on any atom is 0.191 e. The Morgan fingerprint density at radius 2 is 2.12 bits per heavy atom. The predicted molar refractivity (Wildman–Crippen MR) is 102 cm³/mol. The molecule has 0 saturated heterocycles. The van der Waals surface area contributed by atoms with Crippen molar-refractivity contribution >= 4 is 17.3 Å². The second-order valence-electron chi connectivity index (χ2n) is 6.51. The zero-order chi connectivity index (χ0) is 17.3. The van der Waals surface area contributed by atoms with E-state index >= 15 is 0 Å². The summed E-state index contributed by atoms with van der Waals surface area (Å²) in [5.74, 6) is 0.867. The Morgan fingerprint density at radius 3 is 2.75 bits per heavy atom. The molecule has 1 fully saturated rings. The van der Waals surface area contributed by atoms with E-state index in [0.717, 1.165) is 50.1 Å². The standard InChI is InChI=1S/C18H32N4OS/c1-4-15-12-20-16(24-15)13-21-17(19-3)22-14-18(8-6-7-9-18)10-11-23-5-2/h12H,4-11,13-14H2,1-3H3,(H2,19,21,22). The van der Waals surface area contributed by atoms with E-state index in [1.807, 2.05) is 13.2 Å². The zero-order valence-corrected chi connectivity index (χ0v) is 16.2. The quantitative estimate of drug-likeness (QED) is 0.406. The van der Waals surface area contributed by atoms with Crippen molar-refractivity contribution in [3.63, 3.8) is 0 Å². The average Bonchev–Trinajstić information content (AvgIpc) is 3.25. The van der Waals surface area contributed by atoms with Gasteiger partial charge in [-0.05, 0) is 38.0 Å². The molecule has 0 amide bonds. The van der Waals surface area contributed by atoms with Crippen LogP contribution in [-0.2, 0) is 17.7 Å². The Balaban J connectivity index is 1.80. The molecule has 0 radical (unpaired) electrons. The van der Waals surface area contributed by atoms with Crippen LogP contribution in [0.25, 0.3) is 0 Å². The summed E-state index contributed by atoms with van der Waals surface area (Å²) in [5, 5.41) is 8.03. The van der Waals surface area contributed by atoms with Crippen molar-refractivity contribution in [2.24, 2.45) is 10.4 Å². The Kier molecular flexibility index (Phi) is 7.99.